The quantitative estimate of drug-likeness (QED) is 0.269. The number of fused-ring (bicyclic) bond motifs is 1. The van der Waals surface area contributed by atoms with E-state index in [1.165, 1.54) is 10.8 Å². The molecule has 0 bridgehead atoms. The second-order valence-electron chi connectivity index (χ2n) is 6.51. The maximum atomic E-state index is 5.66. The monoisotopic (exact) mass is 474 g/mol. The molecule has 0 saturated carbocycles. The summed E-state index contributed by atoms with van der Waals surface area (Å²) in [5.74, 6) is 1.12. The van der Waals surface area contributed by atoms with Crippen molar-refractivity contribution < 1.29 is 4.52 Å². The summed E-state index contributed by atoms with van der Waals surface area (Å²) in [6.45, 7) is 0. The standard InChI is InChI=1S/C24H15IN2O/c25-18-10-5-9-17(15-18)23-26-24(28-27-23)22-13-4-3-12-21(22)20-14-6-8-16-7-1-2-11-19(16)20/h1-15H. The minimum absolute atomic E-state index is 0.525. The van der Waals surface area contributed by atoms with Gasteiger partial charge in [0.05, 0.1) is 0 Å². The summed E-state index contributed by atoms with van der Waals surface area (Å²) in [4.78, 5) is 4.68. The second kappa shape index (κ2) is 7.20. The molecule has 0 radical (unpaired) electrons. The molecule has 5 rings (SSSR count). The first-order chi connectivity index (χ1) is 13.8. The molecule has 4 heteroatoms. The van der Waals surface area contributed by atoms with Crippen LogP contribution in [0.4, 0.5) is 0 Å². The number of rotatable bonds is 3. The Kier molecular flexibility index (Phi) is 4.41. The fraction of sp³-hybridized carbons (Fsp3) is 0. The highest BCUT2D eigenvalue weighted by Crippen LogP contribution is 2.36. The molecule has 134 valence electrons. The smallest absolute Gasteiger partial charge is 0.258 e. The number of hydrogen-bond donors (Lipinski definition) is 0. The molecule has 0 unspecified atom stereocenters. The molecule has 1 aromatic heterocycles. The van der Waals surface area contributed by atoms with E-state index in [9.17, 15) is 0 Å². The third kappa shape index (κ3) is 3.10. The topological polar surface area (TPSA) is 38.9 Å². The zero-order valence-electron chi connectivity index (χ0n) is 14.8. The summed E-state index contributed by atoms with van der Waals surface area (Å²) in [5.41, 5.74) is 4.12. The Balaban J connectivity index is 1.65. The van der Waals surface area contributed by atoms with Gasteiger partial charge in [-0.15, -0.1) is 0 Å². The van der Waals surface area contributed by atoms with Crippen LogP contribution < -0.4 is 0 Å². The summed E-state index contributed by atoms with van der Waals surface area (Å²) in [6, 6.07) is 31.0. The molecule has 0 aliphatic carbocycles. The van der Waals surface area contributed by atoms with Gasteiger partial charge < -0.3 is 4.52 Å². The van der Waals surface area contributed by atoms with Gasteiger partial charge in [-0.2, -0.15) is 4.98 Å². The second-order valence-corrected chi connectivity index (χ2v) is 7.75. The summed E-state index contributed by atoms with van der Waals surface area (Å²) in [7, 11) is 0. The fourth-order valence-corrected chi connectivity index (χ4v) is 3.99. The Morgan fingerprint density at radius 1 is 0.679 bits per heavy atom. The zero-order valence-corrected chi connectivity index (χ0v) is 17.0. The first-order valence-electron chi connectivity index (χ1n) is 8.97. The Morgan fingerprint density at radius 2 is 1.39 bits per heavy atom. The highest BCUT2D eigenvalue weighted by molar-refractivity contribution is 14.1. The van der Waals surface area contributed by atoms with Crippen LogP contribution in [-0.4, -0.2) is 10.1 Å². The Morgan fingerprint density at radius 3 is 2.29 bits per heavy atom. The molecule has 3 nitrogen and oxygen atoms in total. The van der Waals surface area contributed by atoms with Crippen molar-refractivity contribution in [1.29, 1.82) is 0 Å². The third-order valence-electron chi connectivity index (χ3n) is 4.75. The van der Waals surface area contributed by atoms with Crippen molar-refractivity contribution in [2.24, 2.45) is 0 Å². The van der Waals surface area contributed by atoms with E-state index in [2.05, 4.69) is 81.3 Å². The lowest BCUT2D eigenvalue weighted by atomic mass is 9.94. The minimum Gasteiger partial charge on any atom is -0.334 e. The number of benzene rings is 4. The molecular weight excluding hydrogens is 459 g/mol. The van der Waals surface area contributed by atoms with Crippen molar-refractivity contribution in [3.8, 4) is 34.0 Å². The van der Waals surface area contributed by atoms with Gasteiger partial charge in [0.25, 0.3) is 5.89 Å². The third-order valence-corrected chi connectivity index (χ3v) is 5.42. The van der Waals surface area contributed by atoms with Gasteiger partial charge in [-0.1, -0.05) is 78.0 Å². The lowest BCUT2D eigenvalue weighted by Gasteiger charge is -2.10. The molecule has 0 fully saturated rings. The van der Waals surface area contributed by atoms with Crippen LogP contribution >= 0.6 is 22.6 Å². The van der Waals surface area contributed by atoms with E-state index in [0.29, 0.717) is 11.7 Å². The largest absolute Gasteiger partial charge is 0.334 e. The van der Waals surface area contributed by atoms with Gasteiger partial charge in [-0.25, -0.2) is 0 Å². The molecule has 0 aliphatic heterocycles. The van der Waals surface area contributed by atoms with Crippen molar-refractivity contribution in [3.63, 3.8) is 0 Å². The van der Waals surface area contributed by atoms with Gasteiger partial charge >= 0.3 is 0 Å². The summed E-state index contributed by atoms with van der Waals surface area (Å²) in [5, 5.41) is 6.62. The van der Waals surface area contributed by atoms with Crippen LogP contribution in [0, 0.1) is 3.57 Å². The van der Waals surface area contributed by atoms with Gasteiger partial charge in [0.1, 0.15) is 0 Å². The van der Waals surface area contributed by atoms with Gasteiger partial charge in [0.15, 0.2) is 0 Å². The van der Waals surface area contributed by atoms with Gasteiger partial charge in [0.2, 0.25) is 5.82 Å². The van der Waals surface area contributed by atoms with Gasteiger partial charge in [0, 0.05) is 14.7 Å². The normalized spacial score (nSPS) is 11.0. The maximum Gasteiger partial charge on any atom is 0.258 e. The summed E-state index contributed by atoms with van der Waals surface area (Å²) in [6.07, 6.45) is 0. The molecule has 0 spiro atoms. The lowest BCUT2D eigenvalue weighted by Crippen LogP contribution is -1.87. The van der Waals surface area contributed by atoms with Crippen LogP contribution in [-0.2, 0) is 0 Å². The summed E-state index contributed by atoms with van der Waals surface area (Å²) < 4.78 is 6.79. The Bertz CT molecular complexity index is 1290. The molecular formula is C24H15IN2O. The van der Waals surface area contributed by atoms with Crippen molar-refractivity contribution >= 4 is 33.4 Å². The molecule has 0 saturated heterocycles. The van der Waals surface area contributed by atoms with Crippen LogP contribution in [0.25, 0.3) is 44.7 Å². The van der Waals surface area contributed by atoms with E-state index in [0.717, 1.165) is 25.8 Å². The number of nitrogens with zero attached hydrogens (tertiary/aromatic N) is 2. The molecule has 0 atom stereocenters. The molecule has 28 heavy (non-hydrogen) atoms. The van der Waals surface area contributed by atoms with E-state index < -0.39 is 0 Å². The van der Waals surface area contributed by atoms with E-state index in [-0.39, 0.29) is 0 Å². The predicted octanol–water partition coefficient (Wildman–Crippen LogP) is 6.83. The molecule has 0 aliphatic rings. The number of halogens is 1. The van der Waals surface area contributed by atoms with Gasteiger partial charge in [-0.05, 0) is 62.7 Å². The van der Waals surface area contributed by atoms with Crippen molar-refractivity contribution in [2.45, 2.75) is 0 Å². The number of hydrogen-bond acceptors (Lipinski definition) is 3. The van der Waals surface area contributed by atoms with E-state index in [1.807, 2.05) is 42.5 Å². The van der Waals surface area contributed by atoms with Gasteiger partial charge in [-0.3, -0.25) is 0 Å². The zero-order chi connectivity index (χ0) is 18.9. The Labute approximate surface area is 176 Å². The van der Waals surface area contributed by atoms with Crippen LogP contribution in [0.5, 0.6) is 0 Å². The van der Waals surface area contributed by atoms with Crippen LogP contribution in [0.15, 0.2) is 95.5 Å². The first-order valence-corrected chi connectivity index (χ1v) is 10.0. The maximum absolute atomic E-state index is 5.66. The van der Waals surface area contributed by atoms with E-state index >= 15 is 0 Å². The van der Waals surface area contributed by atoms with Crippen molar-refractivity contribution in [3.05, 3.63) is 94.6 Å². The molecule has 0 N–H and O–H groups in total. The van der Waals surface area contributed by atoms with E-state index in [1.54, 1.807) is 0 Å². The highest BCUT2D eigenvalue weighted by atomic mass is 127. The first kappa shape index (κ1) is 17.1. The molecule has 1 heterocycles. The molecule has 4 aromatic carbocycles. The van der Waals surface area contributed by atoms with Crippen LogP contribution in [0.3, 0.4) is 0 Å². The average Bonchev–Trinajstić information content (AvgIpc) is 3.24. The number of aromatic nitrogens is 2. The Hall–Kier alpha value is -2.99. The predicted molar refractivity (Wildman–Crippen MR) is 121 cm³/mol. The van der Waals surface area contributed by atoms with Crippen molar-refractivity contribution in [2.75, 3.05) is 0 Å². The average molecular weight is 474 g/mol. The minimum atomic E-state index is 0.525. The fourth-order valence-electron chi connectivity index (χ4n) is 3.44. The van der Waals surface area contributed by atoms with E-state index in [4.69, 9.17) is 4.52 Å². The summed E-state index contributed by atoms with van der Waals surface area (Å²) >= 11 is 2.29. The SMILES string of the molecule is Ic1cccc(-c2noc(-c3ccccc3-c3cccc4ccccc34)n2)c1. The molecule has 5 aromatic rings. The van der Waals surface area contributed by atoms with Crippen molar-refractivity contribution in [1.82, 2.24) is 10.1 Å². The highest BCUT2D eigenvalue weighted by Gasteiger charge is 2.16. The van der Waals surface area contributed by atoms with Crippen LogP contribution in [0.1, 0.15) is 0 Å². The van der Waals surface area contributed by atoms with Crippen LogP contribution in [0.2, 0.25) is 0 Å². The lowest BCUT2D eigenvalue weighted by molar-refractivity contribution is 0.432. The molecule has 0 amide bonds.